The molecule has 0 fully saturated rings. The first-order chi connectivity index (χ1) is 9.03. The highest BCUT2D eigenvalue weighted by atomic mass is 32.2. The van der Waals surface area contributed by atoms with E-state index in [1.165, 1.54) is 36.7 Å². The molecule has 0 aliphatic carbocycles. The number of hydrogen-bond acceptors (Lipinski definition) is 6. The van der Waals surface area contributed by atoms with E-state index in [2.05, 4.69) is 14.7 Å². The molecule has 2 aromatic rings. The molecule has 0 unspecified atom stereocenters. The molecular weight excluding hydrogens is 266 g/mol. The standard InChI is InChI=1S/C11H9N5O2S/c12-6-9-10(2-1-5-14-9)19(17,18)16-11-4-3-8(13)7-15-11/h1-5,7H,13H2,(H,15,16). The van der Waals surface area contributed by atoms with Crippen LogP contribution < -0.4 is 10.5 Å². The number of hydrogen-bond donors (Lipinski definition) is 2. The number of nitrogens with two attached hydrogens (primary N) is 1. The van der Waals surface area contributed by atoms with Gasteiger partial charge >= 0.3 is 0 Å². The van der Waals surface area contributed by atoms with Crippen LogP contribution in [0.3, 0.4) is 0 Å². The maximum Gasteiger partial charge on any atom is 0.265 e. The van der Waals surface area contributed by atoms with Crippen LogP contribution in [0.15, 0.2) is 41.6 Å². The van der Waals surface area contributed by atoms with E-state index in [1.54, 1.807) is 6.07 Å². The zero-order chi connectivity index (χ0) is 13.9. The number of sulfonamides is 1. The van der Waals surface area contributed by atoms with E-state index >= 15 is 0 Å². The fourth-order valence-corrected chi connectivity index (χ4v) is 2.47. The molecule has 2 aromatic heterocycles. The number of nitrogen functional groups attached to an aromatic ring is 1. The zero-order valence-corrected chi connectivity index (χ0v) is 10.4. The van der Waals surface area contributed by atoms with Gasteiger partial charge in [-0.05, 0) is 24.3 Å². The average molecular weight is 275 g/mol. The van der Waals surface area contributed by atoms with Gasteiger partial charge in [-0.3, -0.25) is 4.72 Å². The quantitative estimate of drug-likeness (QED) is 0.851. The van der Waals surface area contributed by atoms with Crippen LogP contribution in [0, 0.1) is 11.3 Å². The van der Waals surface area contributed by atoms with Crippen molar-refractivity contribution in [3.05, 3.63) is 42.4 Å². The molecule has 0 spiro atoms. The van der Waals surface area contributed by atoms with Crippen LogP contribution in [0.25, 0.3) is 0 Å². The lowest BCUT2D eigenvalue weighted by atomic mass is 10.4. The van der Waals surface area contributed by atoms with Gasteiger partial charge in [-0.15, -0.1) is 0 Å². The zero-order valence-electron chi connectivity index (χ0n) is 9.61. The Kier molecular flexibility index (Phi) is 3.31. The van der Waals surface area contributed by atoms with Crippen LogP contribution in [-0.2, 0) is 10.0 Å². The first-order valence-electron chi connectivity index (χ1n) is 5.12. The smallest absolute Gasteiger partial charge is 0.265 e. The highest BCUT2D eigenvalue weighted by molar-refractivity contribution is 7.92. The fraction of sp³-hybridized carbons (Fsp3) is 0. The summed E-state index contributed by atoms with van der Waals surface area (Å²) in [5, 5.41) is 8.85. The van der Waals surface area contributed by atoms with Crippen molar-refractivity contribution in [3.8, 4) is 6.07 Å². The summed E-state index contributed by atoms with van der Waals surface area (Å²) in [6, 6.07) is 7.40. The first kappa shape index (κ1) is 12.8. The first-order valence-corrected chi connectivity index (χ1v) is 6.61. The van der Waals surface area contributed by atoms with Crippen molar-refractivity contribution in [2.75, 3.05) is 10.5 Å². The van der Waals surface area contributed by atoms with Gasteiger partial charge in [-0.2, -0.15) is 5.26 Å². The van der Waals surface area contributed by atoms with E-state index < -0.39 is 10.0 Å². The van der Waals surface area contributed by atoms with Crippen LogP contribution in [0.1, 0.15) is 5.69 Å². The number of nitrogens with one attached hydrogen (secondary N) is 1. The van der Waals surface area contributed by atoms with Crippen LogP contribution in [0.5, 0.6) is 0 Å². The van der Waals surface area contributed by atoms with E-state index in [1.807, 2.05) is 0 Å². The van der Waals surface area contributed by atoms with E-state index in [-0.39, 0.29) is 16.4 Å². The number of rotatable bonds is 3. The van der Waals surface area contributed by atoms with Gasteiger partial charge in [0.25, 0.3) is 10.0 Å². The summed E-state index contributed by atoms with van der Waals surface area (Å²) in [7, 11) is -3.91. The van der Waals surface area contributed by atoms with Crippen LogP contribution in [-0.4, -0.2) is 18.4 Å². The Hall–Kier alpha value is -2.66. The molecule has 0 radical (unpaired) electrons. The molecule has 0 aromatic carbocycles. The molecule has 0 saturated carbocycles. The Balaban J connectivity index is 2.38. The molecule has 8 heteroatoms. The average Bonchev–Trinajstić information content (AvgIpc) is 2.41. The van der Waals surface area contributed by atoms with Crippen molar-refractivity contribution in [3.63, 3.8) is 0 Å². The highest BCUT2D eigenvalue weighted by Gasteiger charge is 2.19. The third-order valence-electron chi connectivity index (χ3n) is 2.19. The minimum atomic E-state index is -3.91. The lowest BCUT2D eigenvalue weighted by Crippen LogP contribution is -2.15. The Morgan fingerprint density at radius 2 is 2.05 bits per heavy atom. The molecule has 19 heavy (non-hydrogen) atoms. The predicted octanol–water partition coefficient (Wildman–Crippen LogP) is 0.731. The van der Waals surface area contributed by atoms with E-state index in [4.69, 9.17) is 11.0 Å². The minimum absolute atomic E-state index is 0.113. The Morgan fingerprint density at radius 1 is 1.26 bits per heavy atom. The van der Waals surface area contributed by atoms with Crippen molar-refractivity contribution in [2.45, 2.75) is 4.90 Å². The van der Waals surface area contributed by atoms with E-state index in [9.17, 15) is 8.42 Å². The summed E-state index contributed by atoms with van der Waals surface area (Å²) in [6.45, 7) is 0. The summed E-state index contributed by atoms with van der Waals surface area (Å²) in [5.74, 6) is 0.113. The molecule has 0 atom stereocenters. The molecule has 2 heterocycles. The molecule has 3 N–H and O–H groups in total. The number of aromatic nitrogens is 2. The number of nitrogens with zero attached hydrogens (tertiary/aromatic N) is 3. The topological polar surface area (TPSA) is 122 Å². The lowest BCUT2D eigenvalue weighted by Gasteiger charge is -2.07. The maximum atomic E-state index is 12.1. The van der Waals surface area contributed by atoms with Gasteiger partial charge in [0, 0.05) is 6.20 Å². The molecule has 2 rings (SSSR count). The summed E-state index contributed by atoms with van der Waals surface area (Å²) in [5.41, 5.74) is 5.70. The second-order valence-electron chi connectivity index (χ2n) is 3.54. The van der Waals surface area contributed by atoms with Gasteiger partial charge < -0.3 is 5.73 Å². The van der Waals surface area contributed by atoms with Crippen LogP contribution in [0.2, 0.25) is 0 Å². The number of anilines is 2. The van der Waals surface area contributed by atoms with Crippen molar-refractivity contribution >= 4 is 21.5 Å². The molecule has 0 saturated heterocycles. The molecule has 0 aliphatic rings. The van der Waals surface area contributed by atoms with Gasteiger partial charge in [-0.25, -0.2) is 18.4 Å². The van der Waals surface area contributed by atoms with Gasteiger partial charge in [0.2, 0.25) is 0 Å². The molecule has 0 aliphatic heterocycles. The monoisotopic (exact) mass is 275 g/mol. The Labute approximate surface area is 109 Å². The van der Waals surface area contributed by atoms with Gasteiger partial charge in [-0.1, -0.05) is 0 Å². The highest BCUT2D eigenvalue weighted by Crippen LogP contribution is 2.16. The third-order valence-corrected chi connectivity index (χ3v) is 3.58. The fourth-order valence-electron chi connectivity index (χ4n) is 1.35. The SMILES string of the molecule is N#Cc1ncccc1S(=O)(=O)Nc1ccc(N)cn1. The van der Waals surface area contributed by atoms with E-state index in [0.717, 1.165) is 0 Å². The largest absolute Gasteiger partial charge is 0.397 e. The van der Waals surface area contributed by atoms with Gasteiger partial charge in [0.15, 0.2) is 5.69 Å². The molecule has 7 nitrogen and oxygen atoms in total. The minimum Gasteiger partial charge on any atom is -0.397 e. The van der Waals surface area contributed by atoms with Gasteiger partial charge in [0.05, 0.1) is 11.9 Å². The predicted molar refractivity (Wildman–Crippen MR) is 68.4 cm³/mol. The second-order valence-corrected chi connectivity index (χ2v) is 5.20. The Morgan fingerprint density at radius 3 is 2.68 bits per heavy atom. The van der Waals surface area contributed by atoms with Crippen LogP contribution >= 0.6 is 0 Å². The summed E-state index contributed by atoms with van der Waals surface area (Å²) >= 11 is 0. The normalized spacial score (nSPS) is 10.7. The molecule has 96 valence electrons. The maximum absolute atomic E-state index is 12.1. The van der Waals surface area contributed by atoms with Crippen molar-refractivity contribution in [1.29, 1.82) is 5.26 Å². The third kappa shape index (κ3) is 2.78. The molecule has 0 bridgehead atoms. The van der Waals surface area contributed by atoms with Crippen LogP contribution in [0.4, 0.5) is 11.5 Å². The summed E-state index contributed by atoms with van der Waals surface area (Å²) in [4.78, 5) is 7.33. The lowest BCUT2D eigenvalue weighted by molar-refractivity contribution is 0.600. The number of pyridine rings is 2. The number of nitriles is 1. The summed E-state index contributed by atoms with van der Waals surface area (Å²) < 4.78 is 26.4. The van der Waals surface area contributed by atoms with Crippen molar-refractivity contribution in [2.24, 2.45) is 0 Å². The molecule has 0 amide bonds. The summed E-state index contributed by atoms with van der Waals surface area (Å²) in [6.07, 6.45) is 2.67. The second kappa shape index (κ2) is 4.91. The molecular formula is C11H9N5O2S. The van der Waals surface area contributed by atoms with Crippen molar-refractivity contribution in [1.82, 2.24) is 9.97 Å². The van der Waals surface area contributed by atoms with Crippen molar-refractivity contribution < 1.29 is 8.42 Å². The van der Waals surface area contributed by atoms with Gasteiger partial charge in [0.1, 0.15) is 16.8 Å². The van der Waals surface area contributed by atoms with E-state index in [0.29, 0.717) is 5.69 Å². The Bertz CT molecular complexity index is 734.